The summed E-state index contributed by atoms with van der Waals surface area (Å²) in [5.41, 5.74) is 3.05. The van der Waals surface area contributed by atoms with Crippen molar-refractivity contribution in [2.75, 3.05) is 24.5 Å². The maximum atomic E-state index is 3.63. The lowest BCUT2D eigenvalue weighted by atomic mass is 9.95. The smallest absolute Gasteiger partial charge is 0.0367 e. The Balaban J connectivity index is 2.10. The fourth-order valence-corrected chi connectivity index (χ4v) is 2.45. The van der Waals surface area contributed by atoms with Gasteiger partial charge in [0.15, 0.2) is 0 Å². The summed E-state index contributed by atoms with van der Waals surface area (Å²) in [6.45, 7) is 10.1. The van der Waals surface area contributed by atoms with Crippen LogP contribution in [0.2, 0.25) is 0 Å². The van der Waals surface area contributed by atoms with E-state index in [0.717, 1.165) is 26.1 Å². The van der Waals surface area contributed by atoms with Gasteiger partial charge in [-0.1, -0.05) is 26.0 Å². The number of piperazine rings is 1. The zero-order valence-electron chi connectivity index (χ0n) is 11.3. The van der Waals surface area contributed by atoms with Crippen LogP contribution >= 0.6 is 0 Å². The molecule has 1 saturated heterocycles. The summed E-state index contributed by atoms with van der Waals surface area (Å²) in [6, 6.07) is 9.03. The van der Waals surface area contributed by atoms with E-state index in [1.165, 1.54) is 17.7 Å². The van der Waals surface area contributed by atoms with Gasteiger partial charge in [-0.25, -0.2) is 0 Å². The molecule has 0 radical (unpaired) electrons. The molecule has 0 aliphatic carbocycles. The molecule has 2 heteroatoms. The molecular formula is C15H24N2. The first-order valence-corrected chi connectivity index (χ1v) is 6.76. The van der Waals surface area contributed by atoms with E-state index in [2.05, 4.69) is 55.3 Å². The zero-order chi connectivity index (χ0) is 12.3. The van der Waals surface area contributed by atoms with Crippen molar-refractivity contribution in [3.8, 4) is 0 Å². The normalized spacial score (nSPS) is 25.0. The highest BCUT2D eigenvalue weighted by atomic mass is 15.2. The third kappa shape index (κ3) is 2.81. The van der Waals surface area contributed by atoms with Crippen molar-refractivity contribution in [3.05, 3.63) is 29.8 Å². The Bertz CT molecular complexity index is 358. The molecule has 0 amide bonds. The first-order valence-electron chi connectivity index (χ1n) is 6.76. The van der Waals surface area contributed by atoms with Gasteiger partial charge in [-0.2, -0.15) is 0 Å². The van der Waals surface area contributed by atoms with Crippen LogP contribution in [0, 0.1) is 0 Å². The number of aryl methyl sites for hydroxylation is 1. The van der Waals surface area contributed by atoms with Crippen LogP contribution < -0.4 is 10.2 Å². The van der Waals surface area contributed by atoms with Crippen molar-refractivity contribution in [1.82, 2.24) is 5.32 Å². The summed E-state index contributed by atoms with van der Waals surface area (Å²) in [4.78, 5) is 2.50. The van der Waals surface area contributed by atoms with Gasteiger partial charge in [0.25, 0.3) is 0 Å². The van der Waals surface area contributed by atoms with Gasteiger partial charge in [0.2, 0.25) is 0 Å². The van der Waals surface area contributed by atoms with E-state index in [4.69, 9.17) is 0 Å². The maximum absolute atomic E-state index is 3.63. The van der Waals surface area contributed by atoms with Gasteiger partial charge >= 0.3 is 0 Å². The number of rotatable bonds is 3. The third-order valence-electron chi connectivity index (χ3n) is 3.96. The van der Waals surface area contributed by atoms with Crippen LogP contribution in [0.5, 0.6) is 0 Å². The highest BCUT2D eigenvalue weighted by Gasteiger charge is 2.28. The van der Waals surface area contributed by atoms with E-state index in [9.17, 15) is 0 Å². The molecule has 1 atom stereocenters. The Morgan fingerprint density at radius 3 is 2.53 bits per heavy atom. The number of anilines is 1. The van der Waals surface area contributed by atoms with Crippen molar-refractivity contribution < 1.29 is 0 Å². The molecule has 1 N–H and O–H groups in total. The molecule has 1 aliphatic heterocycles. The van der Waals surface area contributed by atoms with Crippen molar-refractivity contribution in [2.24, 2.45) is 0 Å². The zero-order valence-corrected chi connectivity index (χ0v) is 11.3. The molecule has 1 unspecified atom stereocenters. The number of nitrogens with zero attached hydrogens (tertiary/aromatic N) is 1. The van der Waals surface area contributed by atoms with Gasteiger partial charge in [-0.3, -0.25) is 0 Å². The first-order chi connectivity index (χ1) is 8.17. The first kappa shape index (κ1) is 12.4. The second-order valence-corrected chi connectivity index (χ2v) is 5.28. The minimum absolute atomic E-state index is 0.266. The maximum Gasteiger partial charge on any atom is 0.0367 e. The van der Waals surface area contributed by atoms with Gasteiger partial charge in [0.1, 0.15) is 0 Å². The van der Waals surface area contributed by atoms with Crippen molar-refractivity contribution >= 4 is 5.69 Å². The molecule has 0 aromatic heterocycles. The van der Waals surface area contributed by atoms with E-state index >= 15 is 0 Å². The minimum Gasteiger partial charge on any atom is -0.368 e. The number of hydrogen-bond donors (Lipinski definition) is 1. The van der Waals surface area contributed by atoms with E-state index in [-0.39, 0.29) is 5.54 Å². The molecule has 1 aromatic carbocycles. The second-order valence-electron chi connectivity index (χ2n) is 5.28. The van der Waals surface area contributed by atoms with Crippen LogP contribution in [0.25, 0.3) is 0 Å². The Hall–Kier alpha value is -1.02. The molecule has 17 heavy (non-hydrogen) atoms. The molecule has 0 bridgehead atoms. The summed E-state index contributed by atoms with van der Waals surface area (Å²) in [5, 5.41) is 3.63. The topological polar surface area (TPSA) is 15.3 Å². The standard InChI is InChI=1S/C15H24N2/c1-4-13-6-8-14(9-7-13)17-11-10-16-15(3,5-2)12-17/h6-9,16H,4-5,10-12H2,1-3H3. The monoisotopic (exact) mass is 232 g/mol. The van der Waals surface area contributed by atoms with Crippen LogP contribution in [0.15, 0.2) is 24.3 Å². The Morgan fingerprint density at radius 2 is 1.94 bits per heavy atom. The molecule has 0 saturated carbocycles. The molecule has 0 spiro atoms. The summed E-state index contributed by atoms with van der Waals surface area (Å²) in [7, 11) is 0. The lowest BCUT2D eigenvalue weighted by Crippen LogP contribution is -2.58. The Morgan fingerprint density at radius 1 is 1.24 bits per heavy atom. The molecule has 2 rings (SSSR count). The summed E-state index contributed by atoms with van der Waals surface area (Å²) in [5.74, 6) is 0. The summed E-state index contributed by atoms with van der Waals surface area (Å²) < 4.78 is 0. The minimum atomic E-state index is 0.266. The lowest BCUT2D eigenvalue weighted by molar-refractivity contribution is 0.314. The summed E-state index contributed by atoms with van der Waals surface area (Å²) >= 11 is 0. The lowest BCUT2D eigenvalue weighted by Gasteiger charge is -2.42. The van der Waals surface area contributed by atoms with E-state index in [1.54, 1.807) is 0 Å². The SMILES string of the molecule is CCc1ccc(N2CCNC(C)(CC)C2)cc1. The average molecular weight is 232 g/mol. The number of benzene rings is 1. The molecule has 1 heterocycles. The number of hydrogen-bond acceptors (Lipinski definition) is 2. The van der Waals surface area contributed by atoms with Crippen LogP contribution in [-0.4, -0.2) is 25.2 Å². The fourth-order valence-electron chi connectivity index (χ4n) is 2.45. The van der Waals surface area contributed by atoms with Crippen LogP contribution in [-0.2, 0) is 6.42 Å². The predicted octanol–water partition coefficient (Wildman–Crippen LogP) is 2.83. The summed E-state index contributed by atoms with van der Waals surface area (Å²) in [6.07, 6.45) is 2.30. The number of nitrogens with one attached hydrogen (secondary N) is 1. The van der Waals surface area contributed by atoms with Gasteiger partial charge in [-0.15, -0.1) is 0 Å². The Labute approximate surface area is 105 Å². The highest BCUT2D eigenvalue weighted by molar-refractivity contribution is 5.48. The van der Waals surface area contributed by atoms with Gasteiger partial charge in [-0.05, 0) is 37.5 Å². The third-order valence-corrected chi connectivity index (χ3v) is 3.96. The largest absolute Gasteiger partial charge is 0.368 e. The van der Waals surface area contributed by atoms with E-state index in [0.29, 0.717) is 0 Å². The molecule has 94 valence electrons. The molecule has 1 aromatic rings. The van der Waals surface area contributed by atoms with Crippen molar-refractivity contribution in [1.29, 1.82) is 0 Å². The van der Waals surface area contributed by atoms with E-state index in [1.807, 2.05) is 0 Å². The predicted molar refractivity (Wildman–Crippen MR) is 74.7 cm³/mol. The molecule has 1 aliphatic rings. The second kappa shape index (κ2) is 5.09. The molecular weight excluding hydrogens is 208 g/mol. The van der Waals surface area contributed by atoms with E-state index < -0.39 is 0 Å². The average Bonchev–Trinajstić information content (AvgIpc) is 2.39. The highest BCUT2D eigenvalue weighted by Crippen LogP contribution is 2.22. The molecule has 2 nitrogen and oxygen atoms in total. The quantitative estimate of drug-likeness (QED) is 0.862. The van der Waals surface area contributed by atoms with Gasteiger partial charge in [0.05, 0.1) is 0 Å². The fraction of sp³-hybridized carbons (Fsp3) is 0.600. The van der Waals surface area contributed by atoms with Gasteiger partial charge in [0, 0.05) is 30.9 Å². The van der Waals surface area contributed by atoms with Gasteiger partial charge < -0.3 is 10.2 Å². The van der Waals surface area contributed by atoms with Crippen molar-refractivity contribution in [2.45, 2.75) is 39.2 Å². The van der Waals surface area contributed by atoms with Crippen LogP contribution in [0.3, 0.4) is 0 Å². The Kier molecular flexibility index (Phi) is 3.72. The molecule has 1 fully saturated rings. The van der Waals surface area contributed by atoms with Crippen LogP contribution in [0.4, 0.5) is 5.69 Å². The van der Waals surface area contributed by atoms with Crippen molar-refractivity contribution in [3.63, 3.8) is 0 Å². The van der Waals surface area contributed by atoms with Crippen LogP contribution in [0.1, 0.15) is 32.8 Å².